The number of ether oxygens (including phenoxy) is 2. The zero-order valence-corrected chi connectivity index (χ0v) is 16.3. The van der Waals surface area contributed by atoms with Gasteiger partial charge in [0, 0.05) is 23.7 Å². The van der Waals surface area contributed by atoms with Crippen molar-refractivity contribution in [2.45, 2.75) is 70.7 Å². The maximum absolute atomic E-state index is 10.2. The third-order valence-corrected chi connectivity index (χ3v) is 4.41. The van der Waals surface area contributed by atoms with Crippen LogP contribution in [-0.2, 0) is 0 Å². The van der Waals surface area contributed by atoms with Crippen LogP contribution in [0.2, 0.25) is 0 Å². The van der Waals surface area contributed by atoms with Gasteiger partial charge in [0.15, 0.2) is 0 Å². The second kappa shape index (κ2) is 8.39. The van der Waals surface area contributed by atoms with Crippen molar-refractivity contribution in [2.75, 3.05) is 19.8 Å². The predicted molar refractivity (Wildman–Crippen MR) is 101 cm³/mol. The Morgan fingerprint density at radius 3 is 2.12 bits per heavy atom. The number of hydrogen-bond donors (Lipinski definition) is 3. The molecule has 1 heterocycles. The third kappa shape index (κ3) is 6.84. The van der Waals surface area contributed by atoms with Crippen molar-refractivity contribution in [2.24, 2.45) is 0 Å². The van der Waals surface area contributed by atoms with Crippen molar-refractivity contribution < 1.29 is 14.6 Å². The van der Waals surface area contributed by atoms with E-state index < -0.39 is 6.10 Å². The molecule has 1 fully saturated rings. The molecule has 0 bridgehead atoms. The van der Waals surface area contributed by atoms with Crippen molar-refractivity contribution in [1.29, 1.82) is 0 Å². The minimum Gasteiger partial charge on any atom is -0.494 e. The number of piperidine rings is 1. The Morgan fingerprint density at radius 2 is 1.60 bits per heavy atom. The molecule has 0 radical (unpaired) electrons. The van der Waals surface area contributed by atoms with Gasteiger partial charge in [-0.3, -0.25) is 0 Å². The summed E-state index contributed by atoms with van der Waals surface area (Å²) in [4.78, 5) is 0. The summed E-state index contributed by atoms with van der Waals surface area (Å²) in [7, 11) is 0. The van der Waals surface area contributed by atoms with Crippen LogP contribution in [-0.4, -0.2) is 48.1 Å². The SMILES string of the molecule is CCOc1ccc(OCC(O)CNC2CC(C)(C)NC(C)(C)C2)cc1. The van der Waals surface area contributed by atoms with Crippen LogP contribution in [0.4, 0.5) is 0 Å². The first kappa shape index (κ1) is 20.0. The summed E-state index contributed by atoms with van der Waals surface area (Å²) in [5.74, 6) is 1.57. The summed E-state index contributed by atoms with van der Waals surface area (Å²) in [6.45, 7) is 12.3. The van der Waals surface area contributed by atoms with Gasteiger partial charge in [-0.2, -0.15) is 0 Å². The molecule has 3 N–H and O–H groups in total. The highest BCUT2D eigenvalue weighted by atomic mass is 16.5. The monoisotopic (exact) mass is 350 g/mol. The molecule has 0 amide bonds. The Morgan fingerprint density at radius 1 is 1.08 bits per heavy atom. The zero-order valence-electron chi connectivity index (χ0n) is 16.3. The van der Waals surface area contributed by atoms with Crippen LogP contribution in [0.3, 0.4) is 0 Å². The van der Waals surface area contributed by atoms with Gasteiger partial charge in [-0.05, 0) is 71.7 Å². The largest absolute Gasteiger partial charge is 0.494 e. The van der Waals surface area contributed by atoms with Crippen molar-refractivity contribution in [3.8, 4) is 11.5 Å². The molecule has 142 valence electrons. The molecule has 5 heteroatoms. The molecule has 0 aromatic heterocycles. The molecule has 1 aliphatic rings. The van der Waals surface area contributed by atoms with E-state index >= 15 is 0 Å². The van der Waals surface area contributed by atoms with Crippen molar-refractivity contribution in [3.63, 3.8) is 0 Å². The Kier molecular flexibility index (Phi) is 6.72. The molecule has 0 spiro atoms. The maximum Gasteiger partial charge on any atom is 0.119 e. The first-order valence-corrected chi connectivity index (χ1v) is 9.25. The topological polar surface area (TPSA) is 62.8 Å². The standard InChI is InChI=1S/C20H34N2O3/c1-6-24-17-7-9-18(10-8-17)25-14-16(23)13-21-15-11-19(2,3)22-20(4,5)12-15/h7-10,15-16,21-23H,6,11-14H2,1-5H3. The van der Waals surface area contributed by atoms with E-state index in [9.17, 15) is 5.11 Å². The van der Waals surface area contributed by atoms with Gasteiger partial charge in [0.05, 0.1) is 6.61 Å². The van der Waals surface area contributed by atoms with E-state index in [1.807, 2.05) is 31.2 Å². The van der Waals surface area contributed by atoms with E-state index in [-0.39, 0.29) is 17.7 Å². The summed E-state index contributed by atoms with van der Waals surface area (Å²) in [6.07, 6.45) is 1.55. The minimum atomic E-state index is -0.535. The molecule has 1 aliphatic heterocycles. The fourth-order valence-corrected chi connectivity index (χ4v) is 3.82. The highest BCUT2D eigenvalue weighted by molar-refractivity contribution is 5.31. The van der Waals surface area contributed by atoms with E-state index in [4.69, 9.17) is 9.47 Å². The van der Waals surface area contributed by atoms with Crippen LogP contribution >= 0.6 is 0 Å². The van der Waals surface area contributed by atoms with Gasteiger partial charge >= 0.3 is 0 Å². The van der Waals surface area contributed by atoms with Crippen molar-refractivity contribution in [1.82, 2.24) is 10.6 Å². The zero-order chi connectivity index (χ0) is 18.5. The molecule has 1 aromatic carbocycles. The Labute approximate surface area is 152 Å². The second-order valence-electron chi connectivity index (χ2n) is 8.28. The number of nitrogens with one attached hydrogen (secondary N) is 2. The fraction of sp³-hybridized carbons (Fsp3) is 0.700. The van der Waals surface area contributed by atoms with E-state index in [1.165, 1.54) is 0 Å². The summed E-state index contributed by atoms with van der Waals surface area (Å²) < 4.78 is 11.1. The summed E-state index contributed by atoms with van der Waals surface area (Å²) in [5.41, 5.74) is 0.201. The molecular weight excluding hydrogens is 316 g/mol. The molecule has 1 aromatic rings. The maximum atomic E-state index is 10.2. The van der Waals surface area contributed by atoms with Gasteiger partial charge < -0.3 is 25.2 Å². The average molecular weight is 351 g/mol. The Bertz CT molecular complexity index is 512. The van der Waals surface area contributed by atoms with Crippen molar-refractivity contribution in [3.05, 3.63) is 24.3 Å². The first-order valence-electron chi connectivity index (χ1n) is 9.25. The number of benzene rings is 1. The van der Waals surface area contributed by atoms with Crippen LogP contribution in [0.1, 0.15) is 47.5 Å². The van der Waals surface area contributed by atoms with Crippen LogP contribution < -0.4 is 20.1 Å². The number of rotatable bonds is 8. The van der Waals surface area contributed by atoms with Gasteiger partial charge in [-0.25, -0.2) is 0 Å². The molecular formula is C20H34N2O3. The van der Waals surface area contributed by atoms with Crippen LogP contribution in [0.15, 0.2) is 24.3 Å². The van der Waals surface area contributed by atoms with Crippen LogP contribution in [0, 0.1) is 0 Å². The lowest BCUT2D eigenvalue weighted by Crippen LogP contribution is -2.62. The number of aliphatic hydroxyl groups excluding tert-OH is 1. The van der Waals surface area contributed by atoms with E-state index in [2.05, 4.69) is 38.3 Å². The quantitative estimate of drug-likeness (QED) is 0.673. The Hall–Kier alpha value is -1.30. The lowest BCUT2D eigenvalue weighted by molar-refractivity contribution is 0.0901. The van der Waals surface area contributed by atoms with Gasteiger partial charge in [0.1, 0.15) is 24.2 Å². The highest BCUT2D eigenvalue weighted by Crippen LogP contribution is 2.28. The number of hydrogen-bond acceptors (Lipinski definition) is 5. The summed E-state index contributed by atoms with van der Waals surface area (Å²) >= 11 is 0. The normalized spacial score (nSPS) is 20.9. The fourth-order valence-electron chi connectivity index (χ4n) is 3.82. The van der Waals surface area contributed by atoms with Gasteiger partial charge in [0.2, 0.25) is 0 Å². The van der Waals surface area contributed by atoms with Crippen molar-refractivity contribution >= 4 is 0 Å². The molecule has 2 rings (SSSR count). The van der Waals surface area contributed by atoms with Gasteiger partial charge in [-0.1, -0.05) is 0 Å². The molecule has 1 unspecified atom stereocenters. The minimum absolute atomic E-state index is 0.100. The van der Waals surface area contributed by atoms with E-state index in [0.717, 1.165) is 24.3 Å². The summed E-state index contributed by atoms with van der Waals surface area (Å²) in [6, 6.07) is 7.88. The smallest absolute Gasteiger partial charge is 0.119 e. The molecule has 0 saturated carbocycles. The third-order valence-electron chi connectivity index (χ3n) is 4.41. The van der Waals surface area contributed by atoms with Gasteiger partial charge in [-0.15, -0.1) is 0 Å². The molecule has 25 heavy (non-hydrogen) atoms. The predicted octanol–water partition coefficient (Wildman–Crippen LogP) is 2.72. The first-order chi connectivity index (χ1) is 11.7. The average Bonchev–Trinajstić information content (AvgIpc) is 2.49. The van der Waals surface area contributed by atoms with Crippen LogP contribution in [0.25, 0.3) is 0 Å². The molecule has 5 nitrogen and oxygen atoms in total. The lowest BCUT2D eigenvalue weighted by atomic mass is 9.79. The lowest BCUT2D eigenvalue weighted by Gasteiger charge is -2.47. The van der Waals surface area contributed by atoms with Gasteiger partial charge in [0.25, 0.3) is 0 Å². The number of aliphatic hydroxyl groups is 1. The molecule has 1 saturated heterocycles. The summed E-state index contributed by atoms with van der Waals surface area (Å²) in [5, 5.41) is 17.4. The Balaban J connectivity index is 1.74. The van der Waals surface area contributed by atoms with E-state index in [0.29, 0.717) is 19.2 Å². The second-order valence-corrected chi connectivity index (χ2v) is 8.28. The van der Waals surface area contributed by atoms with E-state index in [1.54, 1.807) is 0 Å². The van der Waals surface area contributed by atoms with Crippen LogP contribution in [0.5, 0.6) is 11.5 Å². The molecule has 1 atom stereocenters. The molecule has 0 aliphatic carbocycles. The highest BCUT2D eigenvalue weighted by Gasteiger charge is 2.37.